The molecular weight excluding hydrogens is 516 g/mol. The largest absolute Gasteiger partial charge is 0.418 e. The summed E-state index contributed by atoms with van der Waals surface area (Å²) >= 11 is 0. The van der Waals surface area contributed by atoms with Crippen LogP contribution in [0.1, 0.15) is 16.1 Å². The highest BCUT2D eigenvalue weighted by molar-refractivity contribution is 6.04. The highest BCUT2D eigenvalue weighted by atomic mass is 19.4. The SMILES string of the molecule is O=C(Nc1ccc(NC2CN(C(=O)Nc3ccccc3F)C2)nc1)c1[nH]c(-c2ccccc2)cc1C(F)(F)F. The quantitative estimate of drug-likeness (QED) is 0.233. The number of halogens is 4. The molecule has 2 aromatic carbocycles. The molecule has 4 aromatic rings. The predicted octanol–water partition coefficient (Wildman–Crippen LogP) is 5.82. The summed E-state index contributed by atoms with van der Waals surface area (Å²) in [5.41, 5.74) is -0.697. The Hall–Kier alpha value is -4.87. The number of rotatable bonds is 6. The van der Waals surface area contributed by atoms with E-state index in [0.717, 1.165) is 6.07 Å². The van der Waals surface area contributed by atoms with Gasteiger partial charge < -0.3 is 25.8 Å². The van der Waals surface area contributed by atoms with E-state index in [0.29, 0.717) is 24.5 Å². The van der Waals surface area contributed by atoms with E-state index in [9.17, 15) is 27.2 Å². The lowest BCUT2D eigenvalue weighted by Gasteiger charge is -2.39. The highest BCUT2D eigenvalue weighted by Crippen LogP contribution is 2.35. The molecule has 0 aliphatic carbocycles. The van der Waals surface area contributed by atoms with Crippen LogP contribution in [0.25, 0.3) is 11.3 Å². The van der Waals surface area contributed by atoms with E-state index >= 15 is 0 Å². The van der Waals surface area contributed by atoms with Gasteiger partial charge in [-0.2, -0.15) is 13.2 Å². The second-order valence-corrected chi connectivity index (χ2v) is 8.88. The minimum absolute atomic E-state index is 0.0937. The number of urea groups is 1. The number of alkyl halides is 3. The minimum Gasteiger partial charge on any atom is -0.364 e. The Bertz CT molecular complexity index is 1480. The Kier molecular flexibility index (Phi) is 6.92. The summed E-state index contributed by atoms with van der Waals surface area (Å²) in [6.07, 6.45) is -3.42. The number of benzene rings is 2. The summed E-state index contributed by atoms with van der Waals surface area (Å²) in [5.74, 6) is -1.03. The van der Waals surface area contributed by atoms with Crippen LogP contribution in [0.2, 0.25) is 0 Å². The average molecular weight is 539 g/mol. The van der Waals surface area contributed by atoms with Gasteiger partial charge in [0.25, 0.3) is 5.91 Å². The summed E-state index contributed by atoms with van der Waals surface area (Å²) in [7, 11) is 0. The van der Waals surface area contributed by atoms with Crippen LogP contribution >= 0.6 is 0 Å². The number of anilines is 3. The Morgan fingerprint density at radius 3 is 2.33 bits per heavy atom. The molecule has 39 heavy (non-hydrogen) atoms. The summed E-state index contributed by atoms with van der Waals surface area (Å²) in [5, 5.41) is 8.08. The van der Waals surface area contributed by atoms with Gasteiger partial charge in [-0.1, -0.05) is 42.5 Å². The van der Waals surface area contributed by atoms with Crippen molar-refractivity contribution in [3.63, 3.8) is 0 Å². The van der Waals surface area contributed by atoms with Crippen molar-refractivity contribution in [2.75, 3.05) is 29.0 Å². The van der Waals surface area contributed by atoms with Gasteiger partial charge in [0.1, 0.15) is 17.3 Å². The van der Waals surface area contributed by atoms with Gasteiger partial charge in [-0.25, -0.2) is 14.2 Å². The van der Waals surface area contributed by atoms with Crippen molar-refractivity contribution in [3.05, 3.63) is 96.1 Å². The van der Waals surface area contributed by atoms with Gasteiger partial charge in [0.05, 0.1) is 29.2 Å². The van der Waals surface area contributed by atoms with Crippen molar-refractivity contribution in [3.8, 4) is 11.3 Å². The van der Waals surface area contributed by atoms with Gasteiger partial charge in [0, 0.05) is 18.8 Å². The average Bonchev–Trinajstić information content (AvgIpc) is 3.35. The lowest BCUT2D eigenvalue weighted by atomic mass is 10.1. The van der Waals surface area contributed by atoms with Gasteiger partial charge in [0.15, 0.2) is 0 Å². The van der Waals surface area contributed by atoms with Gasteiger partial charge >= 0.3 is 12.2 Å². The topological polar surface area (TPSA) is 102 Å². The molecule has 0 bridgehead atoms. The van der Waals surface area contributed by atoms with E-state index in [1.807, 2.05) is 0 Å². The molecule has 8 nitrogen and oxygen atoms in total. The minimum atomic E-state index is -4.73. The zero-order valence-corrected chi connectivity index (χ0v) is 20.2. The lowest BCUT2D eigenvalue weighted by Crippen LogP contribution is -2.58. The third-order valence-electron chi connectivity index (χ3n) is 6.09. The maximum absolute atomic E-state index is 13.7. The standard InChI is InChI=1S/C27H22F4N6O2/c28-20-8-4-5-9-21(20)36-26(39)37-14-18(15-37)33-23-11-10-17(13-32-23)34-25(38)24-19(27(29,30)31)12-22(35-24)16-6-2-1-3-7-16/h1-13,18,35H,14-15H2,(H,32,33)(H,34,38)(H,36,39). The van der Waals surface area contributed by atoms with E-state index in [2.05, 4.69) is 25.9 Å². The number of aromatic nitrogens is 2. The summed E-state index contributed by atoms with van der Waals surface area (Å²) in [4.78, 5) is 33.3. The Morgan fingerprint density at radius 2 is 1.67 bits per heavy atom. The summed E-state index contributed by atoms with van der Waals surface area (Å²) in [6.45, 7) is 0.717. The lowest BCUT2D eigenvalue weighted by molar-refractivity contribution is -0.137. The molecule has 3 amide bonds. The number of H-pyrrole nitrogens is 1. The molecule has 0 unspecified atom stereocenters. The Balaban J connectivity index is 1.18. The van der Waals surface area contributed by atoms with Gasteiger partial charge in [0.2, 0.25) is 0 Å². The number of para-hydroxylation sites is 1. The smallest absolute Gasteiger partial charge is 0.364 e. The molecule has 0 atom stereocenters. The molecule has 0 radical (unpaired) electrons. The van der Waals surface area contributed by atoms with Crippen LogP contribution in [0.5, 0.6) is 0 Å². The van der Waals surface area contributed by atoms with Crippen molar-refractivity contribution in [2.45, 2.75) is 12.2 Å². The van der Waals surface area contributed by atoms with Crippen molar-refractivity contribution in [1.29, 1.82) is 0 Å². The Labute approximate surface area is 220 Å². The van der Waals surface area contributed by atoms with E-state index in [-0.39, 0.29) is 23.1 Å². The molecule has 0 spiro atoms. The van der Waals surface area contributed by atoms with Crippen molar-refractivity contribution in [1.82, 2.24) is 14.9 Å². The normalized spacial score (nSPS) is 13.5. The predicted molar refractivity (Wildman–Crippen MR) is 138 cm³/mol. The second kappa shape index (κ2) is 10.5. The van der Waals surface area contributed by atoms with E-state index < -0.39 is 35.2 Å². The maximum atomic E-state index is 13.7. The van der Waals surface area contributed by atoms with E-state index in [1.165, 1.54) is 35.4 Å². The zero-order chi connectivity index (χ0) is 27.6. The fourth-order valence-electron chi connectivity index (χ4n) is 4.08. The van der Waals surface area contributed by atoms with Gasteiger partial charge in [-0.15, -0.1) is 0 Å². The van der Waals surface area contributed by atoms with Crippen LogP contribution in [-0.2, 0) is 6.18 Å². The van der Waals surface area contributed by atoms with Crippen LogP contribution in [-0.4, -0.2) is 45.9 Å². The Morgan fingerprint density at radius 1 is 0.949 bits per heavy atom. The summed E-state index contributed by atoms with van der Waals surface area (Å²) in [6, 6.07) is 17.7. The molecule has 1 saturated heterocycles. The molecule has 4 N–H and O–H groups in total. The summed E-state index contributed by atoms with van der Waals surface area (Å²) < 4.78 is 54.6. The number of amides is 3. The molecule has 200 valence electrons. The molecule has 1 aliphatic heterocycles. The molecule has 0 saturated carbocycles. The van der Waals surface area contributed by atoms with Crippen molar-refractivity contribution in [2.24, 2.45) is 0 Å². The third-order valence-corrected chi connectivity index (χ3v) is 6.09. The van der Waals surface area contributed by atoms with Crippen LogP contribution in [0.4, 0.5) is 39.5 Å². The van der Waals surface area contributed by atoms with Crippen molar-refractivity contribution >= 4 is 29.1 Å². The molecule has 2 aromatic heterocycles. The highest BCUT2D eigenvalue weighted by Gasteiger charge is 2.37. The molecular formula is C27H22F4N6O2. The van der Waals surface area contributed by atoms with Crippen LogP contribution in [0.3, 0.4) is 0 Å². The van der Waals surface area contributed by atoms with E-state index in [4.69, 9.17) is 0 Å². The number of carbonyl (C=O) groups is 2. The number of hydrogen-bond acceptors (Lipinski definition) is 4. The molecule has 3 heterocycles. The first-order valence-corrected chi connectivity index (χ1v) is 11.9. The number of aromatic amines is 1. The van der Waals surface area contributed by atoms with Gasteiger partial charge in [-0.05, 0) is 35.9 Å². The number of nitrogens with one attached hydrogen (secondary N) is 4. The first-order chi connectivity index (χ1) is 18.7. The molecule has 12 heteroatoms. The molecule has 5 rings (SSSR count). The zero-order valence-electron chi connectivity index (χ0n) is 20.2. The molecule has 1 fully saturated rings. The van der Waals surface area contributed by atoms with Crippen molar-refractivity contribution < 1.29 is 27.2 Å². The number of carbonyl (C=O) groups excluding carboxylic acids is 2. The third kappa shape index (κ3) is 5.84. The van der Waals surface area contributed by atoms with E-state index in [1.54, 1.807) is 42.5 Å². The number of pyridine rings is 1. The maximum Gasteiger partial charge on any atom is 0.418 e. The number of nitrogens with zero attached hydrogens (tertiary/aromatic N) is 2. The molecule has 1 aliphatic rings. The monoisotopic (exact) mass is 538 g/mol. The van der Waals surface area contributed by atoms with Gasteiger partial charge in [-0.3, -0.25) is 4.79 Å². The fourth-order valence-corrected chi connectivity index (χ4v) is 4.08. The number of hydrogen-bond donors (Lipinski definition) is 4. The van der Waals surface area contributed by atoms with Crippen LogP contribution < -0.4 is 16.0 Å². The van der Waals surface area contributed by atoms with Crippen LogP contribution in [0, 0.1) is 5.82 Å². The number of likely N-dealkylation sites (tertiary alicyclic amines) is 1. The first kappa shape index (κ1) is 25.8. The fraction of sp³-hybridized carbons (Fsp3) is 0.148. The van der Waals surface area contributed by atoms with Crippen LogP contribution in [0.15, 0.2) is 79.0 Å². The second-order valence-electron chi connectivity index (χ2n) is 8.88. The first-order valence-electron chi connectivity index (χ1n) is 11.9.